The Bertz CT molecular complexity index is 741. The number of aromatic nitrogens is 2. The predicted octanol–water partition coefficient (Wildman–Crippen LogP) is 2.92. The highest BCUT2D eigenvalue weighted by Gasteiger charge is 2.11. The molecule has 3 aromatic rings. The molecule has 3 heteroatoms. The number of hydrogen-bond acceptors (Lipinski definition) is 2. The summed E-state index contributed by atoms with van der Waals surface area (Å²) in [6, 6.07) is 10.1. The first-order valence-corrected chi connectivity index (χ1v) is 5.55. The van der Waals surface area contributed by atoms with Crippen LogP contribution in [0, 0.1) is 13.8 Å². The lowest BCUT2D eigenvalue weighted by molar-refractivity contribution is 0.111. The van der Waals surface area contributed by atoms with E-state index in [9.17, 15) is 4.79 Å². The fraction of sp³-hybridized carbons (Fsp3) is 0.143. The van der Waals surface area contributed by atoms with Gasteiger partial charge in [-0.1, -0.05) is 18.2 Å². The molecule has 0 radical (unpaired) electrons. The first-order chi connectivity index (χ1) is 8.22. The van der Waals surface area contributed by atoms with Crippen molar-refractivity contribution in [2.75, 3.05) is 0 Å². The molecule has 84 valence electrons. The van der Waals surface area contributed by atoms with Gasteiger partial charge in [0.15, 0.2) is 6.29 Å². The molecule has 3 rings (SSSR count). The monoisotopic (exact) mass is 224 g/mol. The molecule has 1 aromatic carbocycles. The lowest BCUT2D eigenvalue weighted by atomic mass is 10.1. The molecule has 0 amide bonds. The number of nitrogens with zero attached hydrogens (tertiary/aromatic N) is 2. The molecule has 0 fully saturated rings. The molecule has 0 N–H and O–H groups in total. The van der Waals surface area contributed by atoms with Crippen molar-refractivity contribution < 1.29 is 4.79 Å². The maximum Gasteiger partial charge on any atom is 0.168 e. The topological polar surface area (TPSA) is 34.4 Å². The number of aryl methyl sites for hydroxylation is 2. The van der Waals surface area contributed by atoms with Crippen molar-refractivity contribution in [3.8, 4) is 0 Å². The molecule has 0 aliphatic rings. The summed E-state index contributed by atoms with van der Waals surface area (Å²) in [5, 5.41) is 1.15. The van der Waals surface area contributed by atoms with Crippen molar-refractivity contribution in [1.82, 2.24) is 9.38 Å². The van der Waals surface area contributed by atoms with Crippen LogP contribution < -0.4 is 0 Å². The van der Waals surface area contributed by atoms with E-state index in [2.05, 4.69) is 18.0 Å². The lowest BCUT2D eigenvalue weighted by Gasteiger charge is -2.06. The fourth-order valence-electron chi connectivity index (χ4n) is 2.33. The maximum atomic E-state index is 11.2. The van der Waals surface area contributed by atoms with Crippen LogP contribution in [-0.2, 0) is 0 Å². The number of rotatable bonds is 1. The van der Waals surface area contributed by atoms with Crippen LogP contribution in [0.2, 0.25) is 0 Å². The molecule has 0 saturated heterocycles. The van der Waals surface area contributed by atoms with E-state index in [-0.39, 0.29) is 0 Å². The Morgan fingerprint density at radius 2 is 2.00 bits per heavy atom. The molecule has 17 heavy (non-hydrogen) atoms. The van der Waals surface area contributed by atoms with Gasteiger partial charge in [-0.05, 0) is 31.5 Å². The number of carbonyl (C=O) groups is 1. The number of pyridine rings is 1. The lowest BCUT2D eigenvalue weighted by Crippen LogP contribution is -1.95. The van der Waals surface area contributed by atoms with Gasteiger partial charge in [-0.2, -0.15) is 0 Å². The van der Waals surface area contributed by atoms with Crippen molar-refractivity contribution in [2.24, 2.45) is 0 Å². The van der Waals surface area contributed by atoms with E-state index in [0.717, 1.165) is 28.5 Å². The van der Waals surface area contributed by atoms with Gasteiger partial charge in [0.1, 0.15) is 11.3 Å². The summed E-state index contributed by atoms with van der Waals surface area (Å²) in [6.07, 6.45) is 0.872. The quantitative estimate of drug-likeness (QED) is 0.595. The Kier molecular flexibility index (Phi) is 2.01. The van der Waals surface area contributed by atoms with E-state index in [4.69, 9.17) is 0 Å². The summed E-state index contributed by atoms with van der Waals surface area (Å²) in [4.78, 5) is 15.6. The number of hydrogen-bond donors (Lipinski definition) is 0. The van der Waals surface area contributed by atoms with Crippen LogP contribution in [0.15, 0.2) is 30.3 Å². The van der Waals surface area contributed by atoms with Crippen LogP contribution in [0.5, 0.6) is 0 Å². The Morgan fingerprint density at radius 3 is 2.76 bits per heavy atom. The number of para-hydroxylation sites is 1. The summed E-state index contributed by atoms with van der Waals surface area (Å²) in [5.74, 6) is 0. The molecule has 0 atom stereocenters. The first kappa shape index (κ1) is 10.0. The summed E-state index contributed by atoms with van der Waals surface area (Å²) in [6.45, 7) is 3.92. The van der Waals surface area contributed by atoms with E-state index in [1.165, 1.54) is 5.56 Å². The summed E-state index contributed by atoms with van der Waals surface area (Å²) >= 11 is 0. The second-order valence-electron chi connectivity index (χ2n) is 4.24. The highest BCUT2D eigenvalue weighted by molar-refractivity contribution is 5.89. The minimum atomic E-state index is 0.635. The molecule has 0 aliphatic heterocycles. The number of fused-ring (bicyclic) bond motifs is 3. The SMILES string of the molecule is Cc1nc2cc(C)c3ccccc3n2c1C=O. The van der Waals surface area contributed by atoms with Crippen LogP contribution in [0.3, 0.4) is 0 Å². The third-order valence-electron chi connectivity index (χ3n) is 3.15. The molecule has 0 unspecified atom stereocenters. The molecule has 2 aromatic heterocycles. The van der Waals surface area contributed by atoms with Gasteiger partial charge in [-0.3, -0.25) is 9.20 Å². The number of imidazole rings is 1. The Hall–Kier alpha value is -2.16. The summed E-state index contributed by atoms with van der Waals surface area (Å²) < 4.78 is 1.92. The van der Waals surface area contributed by atoms with Crippen molar-refractivity contribution in [3.63, 3.8) is 0 Å². The Morgan fingerprint density at radius 1 is 1.24 bits per heavy atom. The van der Waals surface area contributed by atoms with Gasteiger partial charge in [-0.25, -0.2) is 4.98 Å². The van der Waals surface area contributed by atoms with Crippen LogP contribution >= 0.6 is 0 Å². The van der Waals surface area contributed by atoms with Gasteiger partial charge in [0.25, 0.3) is 0 Å². The maximum absolute atomic E-state index is 11.2. The molecular weight excluding hydrogens is 212 g/mol. The average Bonchev–Trinajstić information content (AvgIpc) is 2.65. The Labute approximate surface area is 98.7 Å². The zero-order chi connectivity index (χ0) is 12.0. The van der Waals surface area contributed by atoms with Gasteiger partial charge in [-0.15, -0.1) is 0 Å². The standard InChI is InChI=1S/C14H12N2O/c1-9-7-14-15-10(2)13(8-17)16(14)12-6-4-3-5-11(9)12/h3-8H,1-2H3. The second kappa shape index (κ2) is 3.42. The number of benzene rings is 1. The minimum Gasteiger partial charge on any atom is -0.296 e. The fourth-order valence-corrected chi connectivity index (χ4v) is 2.33. The average molecular weight is 224 g/mol. The molecule has 3 nitrogen and oxygen atoms in total. The highest BCUT2D eigenvalue weighted by atomic mass is 16.1. The van der Waals surface area contributed by atoms with E-state index in [1.807, 2.05) is 35.6 Å². The van der Waals surface area contributed by atoms with Crippen molar-refractivity contribution >= 4 is 22.8 Å². The van der Waals surface area contributed by atoms with Crippen LogP contribution in [-0.4, -0.2) is 15.7 Å². The van der Waals surface area contributed by atoms with E-state index in [1.54, 1.807) is 0 Å². The molecule has 0 bridgehead atoms. The molecule has 0 spiro atoms. The Balaban J connectivity index is 2.65. The van der Waals surface area contributed by atoms with Crippen molar-refractivity contribution in [1.29, 1.82) is 0 Å². The van der Waals surface area contributed by atoms with E-state index < -0.39 is 0 Å². The van der Waals surface area contributed by atoms with Gasteiger partial charge in [0.05, 0.1) is 11.2 Å². The third kappa shape index (κ3) is 1.29. The highest BCUT2D eigenvalue weighted by Crippen LogP contribution is 2.23. The van der Waals surface area contributed by atoms with Gasteiger partial charge in [0.2, 0.25) is 0 Å². The summed E-state index contributed by atoms with van der Waals surface area (Å²) in [5.41, 5.74) is 4.45. The molecule has 2 heterocycles. The van der Waals surface area contributed by atoms with Crippen LogP contribution in [0.1, 0.15) is 21.7 Å². The smallest absolute Gasteiger partial charge is 0.168 e. The first-order valence-electron chi connectivity index (χ1n) is 5.55. The number of carbonyl (C=O) groups excluding carboxylic acids is 1. The normalized spacial score (nSPS) is 11.2. The zero-order valence-electron chi connectivity index (χ0n) is 9.77. The van der Waals surface area contributed by atoms with Gasteiger partial charge < -0.3 is 0 Å². The minimum absolute atomic E-state index is 0.635. The predicted molar refractivity (Wildman–Crippen MR) is 67.6 cm³/mol. The second-order valence-corrected chi connectivity index (χ2v) is 4.24. The summed E-state index contributed by atoms with van der Waals surface area (Å²) in [7, 11) is 0. The van der Waals surface area contributed by atoms with Crippen LogP contribution in [0.25, 0.3) is 16.6 Å². The van der Waals surface area contributed by atoms with E-state index in [0.29, 0.717) is 5.69 Å². The van der Waals surface area contributed by atoms with Crippen molar-refractivity contribution in [3.05, 3.63) is 47.3 Å². The van der Waals surface area contributed by atoms with Gasteiger partial charge >= 0.3 is 0 Å². The number of aldehydes is 1. The zero-order valence-corrected chi connectivity index (χ0v) is 9.77. The van der Waals surface area contributed by atoms with E-state index >= 15 is 0 Å². The third-order valence-corrected chi connectivity index (χ3v) is 3.15. The molecular formula is C14H12N2O. The molecule has 0 aliphatic carbocycles. The van der Waals surface area contributed by atoms with Crippen molar-refractivity contribution in [2.45, 2.75) is 13.8 Å². The van der Waals surface area contributed by atoms with Crippen LogP contribution in [0.4, 0.5) is 0 Å². The largest absolute Gasteiger partial charge is 0.296 e. The van der Waals surface area contributed by atoms with Gasteiger partial charge in [0, 0.05) is 5.39 Å². The molecule has 0 saturated carbocycles.